The zero-order chi connectivity index (χ0) is 13.1. The number of carboxylic acids is 1. The number of nitrogens with zero attached hydrogens (tertiary/aromatic N) is 3. The summed E-state index contributed by atoms with van der Waals surface area (Å²) in [7, 11) is 1.88. The summed E-state index contributed by atoms with van der Waals surface area (Å²) in [5.74, 6) is -0.701. The largest absolute Gasteiger partial charge is 0.480 e. The number of aromatic nitrogens is 2. The van der Waals surface area contributed by atoms with E-state index >= 15 is 0 Å². The fourth-order valence-corrected chi connectivity index (χ4v) is 2.71. The topological polar surface area (TPSA) is 58.4 Å². The van der Waals surface area contributed by atoms with Crippen molar-refractivity contribution in [3.8, 4) is 0 Å². The van der Waals surface area contributed by atoms with Crippen molar-refractivity contribution in [3.05, 3.63) is 18.0 Å². The second-order valence-corrected chi connectivity index (χ2v) is 5.06. The van der Waals surface area contributed by atoms with Gasteiger partial charge >= 0.3 is 5.97 Å². The lowest BCUT2D eigenvalue weighted by Gasteiger charge is -2.32. The van der Waals surface area contributed by atoms with E-state index in [0.29, 0.717) is 0 Å². The maximum absolute atomic E-state index is 11.4. The van der Waals surface area contributed by atoms with Crippen LogP contribution in [-0.2, 0) is 11.8 Å². The molecule has 0 radical (unpaired) electrons. The minimum atomic E-state index is -0.701. The molecular formula is C13H21N3O2. The molecule has 1 aromatic rings. The number of aryl methyl sites for hydroxylation is 1. The van der Waals surface area contributed by atoms with Crippen LogP contribution < -0.4 is 0 Å². The van der Waals surface area contributed by atoms with E-state index in [1.165, 1.54) is 0 Å². The summed E-state index contributed by atoms with van der Waals surface area (Å²) in [6.07, 6.45) is 7.75. The molecule has 1 aliphatic heterocycles. The minimum Gasteiger partial charge on any atom is -0.480 e. The van der Waals surface area contributed by atoms with Crippen molar-refractivity contribution in [1.82, 2.24) is 14.7 Å². The molecule has 0 aliphatic carbocycles. The van der Waals surface area contributed by atoms with Gasteiger partial charge in [-0.25, -0.2) is 0 Å². The van der Waals surface area contributed by atoms with Gasteiger partial charge in [0.15, 0.2) is 0 Å². The molecule has 1 N–H and O–H groups in total. The minimum absolute atomic E-state index is 0.109. The first kappa shape index (κ1) is 13.1. The Bertz CT molecular complexity index is 416. The third-order valence-electron chi connectivity index (χ3n) is 3.78. The molecule has 0 saturated carbocycles. The quantitative estimate of drug-likeness (QED) is 0.890. The lowest BCUT2D eigenvalue weighted by Crippen LogP contribution is -2.42. The van der Waals surface area contributed by atoms with E-state index in [2.05, 4.69) is 16.9 Å². The van der Waals surface area contributed by atoms with Gasteiger partial charge < -0.3 is 5.11 Å². The van der Waals surface area contributed by atoms with E-state index in [4.69, 9.17) is 0 Å². The van der Waals surface area contributed by atoms with Crippen molar-refractivity contribution in [2.24, 2.45) is 7.05 Å². The summed E-state index contributed by atoms with van der Waals surface area (Å²) in [5, 5.41) is 13.5. The summed E-state index contributed by atoms with van der Waals surface area (Å²) in [5.41, 5.74) is 1.09. The average molecular weight is 251 g/mol. The van der Waals surface area contributed by atoms with Gasteiger partial charge in [-0.3, -0.25) is 14.4 Å². The van der Waals surface area contributed by atoms with Crippen LogP contribution >= 0.6 is 0 Å². The Hall–Kier alpha value is -1.36. The normalized spacial score (nSPS) is 23.6. The van der Waals surface area contributed by atoms with Crippen molar-refractivity contribution < 1.29 is 9.90 Å². The highest BCUT2D eigenvalue weighted by Crippen LogP contribution is 2.27. The molecule has 5 nitrogen and oxygen atoms in total. The van der Waals surface area contributed by atoms with Crippen molar-refractivity contribution in [3.63, 3.8) is 0 Å². The second-order valence-electron chi connectivity index (χ2n) is 5.06. The summed E-state index contributed by atoms with van der Waals surface area (Å²) >= 11 is 0. The first-order valence-electron chi connectivity index (χ1n) is 6.56. The number of aliphatic carboxylic acids is 1. The lowest BCUT2D eigenvalue weighted by molar-refractivity contribution is -0.144. The van der Waals surface area contributed by atoms with Crippen molar-refractivity contribution in [1.29, 1.82) is 0 Å². The Balaban J connectivity index is 2.19. The van der Waals surface area contributed by atoms with Gasteiger partial charge in [-0.05, 0) is 26.3 Å². The van der Waals surface area contributed by atoms with E-state index in [9.17, 15) is 9.90 Å². The molecule has 1 fully saturated rings. The Kier molecular flexibility index (Phi) is 4.01. The van der Waals surface area contributed by atoms with Crippen molar-refractivity contribution in [2.75, 3.05) is 6.54 Å². The fourth-order valence-electron chi connectivity index (χ4n) is 2.71. The predicted octanol–water partition coefficient (Wildman–Crippen LogP) is 1.81. The molecule has 2 heterocycles. The van der Waals surface area contributed by atoms with E-state index in [1.54, 1.807) is 4.68 Å². The van der Waals surface area contributed by atoms with E-state index in [-0.39, 0.29) is 12.1 Å². The van der Waals surface area contributed by atoms with Crippen molar-refractivity contribution >= 4 is 5.97 Å². The SMILES string of the molecule is CC(c1cnn(C)c1)N1CCCCCC1C(=O)O. The van der Waals surface area contributed by atoms with Crippen LogP contribution in [0.15, 0.2) is 12.4 Å². The van der Waals surface area contributed by atoms with Crippen molar-refractivity contribution in [2.45, 2.75) is 44.7 Å². The van der Waals surface area contributed by atoms with Gasteiger partial charge in [0.05, 0.1) is 6.20 Å². The molecule has 0 amide bonds. The van der Waals surface area contributed by atoms with E-state index in [0.717, 1.165) is 37.8 Å². The van der Waals surface area contributed by atoms with Crippen LogP contribution in [-0.4, -0.2) is 38.3 Å². The Morgan fingerprint density at radius 2 is 2.28 bits per heavy atom. The second kappa shape index (κ2) is 5.52. The predicted molar refractivity (Wildman–Crippen MR) is 68.2 cm³/mol. The summed E-state index contributed by atoms with van der Waals surface area (Å²) in [4.78, 5) is 13.5. The number of rotatable bonds is 3. The smallest absolute Gasteiger partial charge is 0.320 e. The van der Waals surface area contributed by atoms with Gasteiger partial charge in [-0.15, -0.1) is 0 Å². The molecule has 18 heavy (non-hydrogen) atoms. The molecule has 0 aromatic carbocycles. The Morgan fingerprint density at radius 1 is 1.50 bits per heavy atom. The van der Waals surface area contributed by atoms with Crippen LogP contribution in [0.4, 0.5) is 0 Å². The van der Waals surface area contributed by atoms with Crippen LogP contribution in [0.1, 0.15) is 44.2 Å². The van der Waals surface area contributed by atoms with Crippen LogP contribution in [0.5, 0.6) is 0 Å². The third-order valence-corrected chi connectivity index (χ3v) is 3.78. The first-order valence-corrected chi connectivity index (χ1v) is 6.56. The molecule has 2 rings (SSSR count). The maximum atomic E-state index is 11.4. The molecule has 1 saturated heterocycles. The number of carboxylic acid groups (broad SMARTS) is 1. The lowest BCUT2D eigenvalue weighted by atomic mass is 10.1. The highest BCUT2D eigenvalue weighted by Gasteiger charge is 2.31. The van der Waals surface area contributed by atoms with Gasteiger partial charge in [-0.1, -0.05) is 12.8 Å². The molecular weight excluding hydrogens is 230 g/mol. The number of carbonyl (C=O) groups is 1. The molecule has 1 aromatic heterocycles. The Labute approximate surface area is 107 Å². The van der Waals surface area contributed by atoms with Gasteiger partial charge in [0.1, 0.15) is 6.04 Å². The van der Waals surface area contributed by atoms with Crippen LogP contribution in [0, 0.1) is 0 Å². The van der Waals surface area contributed by atoms with Crippen LogP contribution in [0.25, 0.3) is 0 Å². The summed E-state index contributed by atoms with van der Waals surface area (Å²) in [6.45, 7) is 2.92. The number of hydrogen-bond donors (Lipinski definition) is 1. The summed E-state index contributed by atoms with van der Waals surface area (Å²) in [6, 6.07) is -0.249. The molecule has 5 heteroatoms. The van der Waals surface area contributed by atoms with E-state index in [1.807, 2.05) is 19.4 Å². The number of hydrogen-bond acceptors (Lipinski definition) is 3. The Morgan fingerprint density at radius 3 is 2.89 bits per heavy atom. The fraction of sp³-hybridized carbons (Fsp3) is 0.692. The molecule has 100 valence electrons. The molecule has 2 atom stereocenters. The van der Waals surface area contributed by atoms with Crippen LogP contribution in [0.3, 0.4) is 0 Å². The molecule has 0 spiro atoms. The molecule has 2 unspecified atom stereocenters. The first-order chi connectivity index (χ1) is 8.59. The zero-order valence-corrected chi connectivity index (χ0v) is 11.0. The monoisotopic (exact) mass is 251 g/mol. The third kappa shape index (κ3) is 2.72. The van der Waals surface area contributed by atoms with Gasteiger partial charge in [0.25, 0.3) is 0 Å². The highest BCUT2D eigenvalue weighted by molar-refractivity contribution is 5.73. The standard InChI is InChI=1S/C13H21N3O2/c1-10(11-8-14-15(2)9-11)16-7-5-3-4-6-12(16)13(17)18/h8-10,12H,3-7H2,1-2H3,(H,17,18). The van der Waals surface area contributed by atoms with E-state index < -0.39 is 5.97 Å². The molecule has 0 bridgehead atoms. The van der Waals surface area contributed by atoms with Crippen LogP contribution in [0.2, 0.25) is 0 Å². The molecule has 1 aliphatic rings. The van der Waals surface area contributed by atoms with Gasteiger partial charge in [-0.2, -0.15) is 5.10 Å². The van der Waals surface area contributed by atoms with Gasteiger partial charge in [0.2, 0.25) is 0 Å². The highest BCUT2D eigenvalue weighted by atomic mass is 16.4. The summed E-state index contributed by atoms with van der Waals surface area (Å²) < 4.78 is 1.76. The number of likely N-dealkylation sites (tertiary alicyclic amines) is 1. The van der Waals surface area contributed by atoms with Gasteiger partial charge in [0, 0.05) is 24.8 Å². The average Bonchev–Trinajstić information content (AvgIpc) is 2.63. The zero-order valence-electron chi connectivity index (χ0n) is 11.0. The maximum Gasteiger partial charge on any atom is 0.320 e.